The molecule has 1 aliphatic rings. The van der Waals surface area contributed by atoms with Crippen LogP contribution in [0.2, 0.25) is 0 Å². The Balaban J connectivity index is 1.94. The third-order valence-electron chi connectivity index (χ3n) is 4.05. The van der Waals surface area contributed by atoms with Crippen LogP contribution in [0.4, 0.5) is 0 Å². The SMILES string of the molecule is Cn1nccc1CCC(NN)C1(C)CCCCO1. The van der Waals surface area contributed by atoms with Crippen LogP contribution in [-0.4, -0.2) is 28.0 Å². The molecule has 1 aromatic heterocycles. The summed E-state index contributed by atoms with van der Waals surface area (Å²) in [6.45, 7) is 3.01. The average Bonchev–Trinajstić information content (AvgIpc) is 2.76. The van der Waals surface area contributed by atoms with Gasteiger partial charge in [0.15, 0.2) is 0 Å². The maximum absolute atomic E-state index is 5.95. The summed E-state index contributed by atoms with van der Waals surface area (Å²) in [6, 6.07) is 2.24. The third-order valence-corrected chi connectivity index (χ3v) is 4.05. The molecule has 18 heavy (non-hydrogen) atoms. The summed E-state index contributed by atoms with van der Waals surface area (Å²) in [6.07, 6.45) is 7.22. The van der Waals surface area contributed by atoms with Gasteiger partial charge in [0.25, 0.3) is 0 Å². The van der Waals surface area contributed by atoms with Crippen molar-refractivity contribution in [1.29, 1.82) is 0 Å². The maximum Gasteiger partial charge on any atom is 0.0820 e. The van der Waals surface area contributed by atoms with E-state index in [4.69, 9.17) is 10.6 Å². The van der Waals surface area contributed by atoms with Crippen LogP contribution in [0, 0.1) is 0 Å². The van der Waals surface area contributed by atoms with Crippen molar-refractivity contribution in [3.8, 4) is 0 Å². The lowest BCUT2D eigenvalue weighted by atomic mass is 9.86. The summed E-state index contributed by atoms with van der Waals surface area (Å²) >= 11 is 0. The highest BCUT2D eigenvalue weighted by molar-refractivity contribution is 5.02. The topological polar surface area (TPSA) is 65.1 Å². The number of ether oxygens (including phenoxy) is 1. The quantitative estimate of drug-likeness (QED) is 0.609. The van der Waals surface area contributed by atoms with Gasteiger partial charge in [-0.2, -0.15) is 5.10 Å². The Morgan fingerprint density at radius 1 is 1.61 bits per heavy atom. The molecule has 1 saturated heterocycles. The number of aromatic nitrogens is 2. The minimum Gasteiger partial charge on any atom is -0.374 e. The van der Waals surface area contributed by atoms with Gasteiger partial charge in [-0.3, -0.25) is 16.0 Å². The highest BCUT2D eigenvalue weighted by atomic mass is 16.5. The van der Waals surface area contributed by atoms with Gasteiger partial charge in [-0.1, -0.05) is 0 Å². The molecule has 0 bridgehead atoms. The zero-order valence-corrected chi connectivity index (χ0v) is 11.4. The van der Waals surface area contributed by atoms with Crippen LogP contribution in [0.5, 0.6) is 0 Å². The van der Waals surface area contributed by atoms with Crippen molar-refractivity contribution in [3.63, 3.8) is 0 Å². The molecule has 1 aromatic rings. The van der Waals surface area contributed by atoms with Crippen LogP contribution in [0.25, 0.3) is 0 Å². The van der Waals surface area contributed by atoms with E-state index in [-0.39, 0.29) is 11.6 Å². The highest BCUT2D eigenvalue weighted by Gasteiger charge is 2.35. The van der Waals surface area contributed by atoms with Crippen molar-refractivity contribution < 1.29 is 4.74 Å². The predicted molar refractivity (Wildman–Crippen MR) is 70.8 cm³/mol. The van der Waals surface area contributed by atoms with Crippen LogP contribution in [0.3, 0.4) is 0 Å². The van der Waals surface area contributed by atoms with E-state index in [1.54, 1.807) is 0 Å². The number of hydrogen-bond acceptors (Lipinski definition) is 4. The molecule has 2 rings (SSSR count). The lowest BCUT2D eigenvalue weighted by Crippen LogP contribution is -2.54. The number of rotatable bonds is 5. The molecule has 0 radical (unpaired) electrons. The number of nitrogens with one attached hydrogen (secondary N) is 1. The molecule has 0 spiro atoms. The smallest absolute Gasteiger partial charge is 0.0820 e. The summed E-state index contributed by atoms with van der Waals surface area (Å²) in [5, 5.41) is 4.18. The zero-order chi connectivity index (χ0) is 13.0. The van der Waals surface area contributed by atoms with E-state index in [1.165, 1.54) is 12.1 Å². The molecule has 0 aliphatic carbocycles. The van der Waals surface area contributed by atoms with Crippen molar-refractivity contribution in [2.45, 2.75) is 50.7 Å². The van der Waals surface area contributed by atoms with Gasteiger partial charge >= 0.3 is 0 Å². The Bertz CT molecular complexity index is 371. The van der Waals surface area contributed by atoms with Crippen molar-refractivity contribution in [1.82, 2.24) is 15.2 Å². The predicted octanol–water partition coefficient (Wildman–Crippen LogP) is 1.14. The van der Waals surface area contributed by atoms with Gasteiger partial charge in [0.2, 0.25) is 0 Å². The summed E-state index contributed by atoms with van der Waals surface area (Å²) in [4.78, 5) is 0. The molecule has 2 atom stereocenters. The lowest BCUT2D eigenvalue weighted by Gasteiger charge is -2.40. The van der Waals surface area contributed by atoms with E-state index < -0.39 is 0 Å². The number of hydrazine groups is 1. The van der Waals surface area contributed by atoms with Crippen molar-refractivity contribution in [2.75, 3.05) is 6.61 Å². The Hall–Kier alpha value is -0.910. The van der Waals surface area contributed by atoms with Gasteiger partial charge < -0.3 is 4.74 Å². The third kappa shape index (κ3) is 2.91. The minimum atomic E-state index is -0.133. The van der Waals surface area contributed by atoms with Crippen molar-refractivity contribution >= 4 is 0 Å². The first-order valence-electron chi connectivity index (χ1n) is 6.73. The van der Waals surface area contributed by atoms with Gasteiger partial charge in [0.1, 0.15) is 0 Å². The van der Waals surface area contributed by atoms with Crippen molar-refractivity contribution in [3.05, 3.63) is 18.0 Å². The fourth-order valence-electron chi connectivity index (χ4n) is 2.73. The van der Waals surface area contributed by atoms with Crippen LogP contribution in [0.15, 0.2) is 12.3 Å². The first kappa shape index (κ1) is 13.5. The van der Waals surface area contributed by atoms with Gasteiger partial charge in [-0.15, -0.1) is 0 Å². The molecule has 0 amide bonds. The maximum atomic E-state index is 5.95. The number of nitrogens with two attached hydrogens (primary N) is 1. The van der Waals surface area contributed by atoms with Gasteiger partial charge in [-0.05, 0) is 45.1 Å². The van der Waals surface area contributed by atoms with E-state index in [0.717, 1.165) is 32.3 Å². The summed E-state index contributed by atoms with van der Waals surface area (Å²) in [5.41, 5.74) is 4.04. The van der Waals surface area contributed by atoms with Crippen LogP contribution in [0.1, 0.15) is 38.3 Å². The van der Waals surface area contributed by atoms with E-state index in [9.17, 15) is 0 Å². The van der Waals surface area contributed by atoms with Crippen LogP contribution in [-0.2, 0) is 18.2 Å². The second kappa shape index (κ2) is 5.82. The second-order valence-corrected chi connectivity index (χ2v) is 5.32. The van der Waals surface area contributed by atoms with E-state index in [1.807, 2.05) is 17.9 Å². The average molecular weight is 252 g/mol. The first-order valence-corrected chi connectivity index (χ1v) is 6.73. The normalized spacial score (nSPS) is 26.2. The number of nitrogens with zero attached hydrogens (tertiary/aromatic N) is 2. The molecule has 2 unspecified atom stereocenters. The molecule has 1 aliphatic heterocycles. The Kier molecular flexibility index (Phi) is 4.37. The fourth-order valence-corrected chi connectivity index (χ4v) is 2.73. The molecule has 3 N–H and O–H groups in total. The van der Waals surface area contributed by atoms with Gasteiger partial charge in [-0.25, -0.2) is 0 Å². The lowest BCUT2D eigenvalue weighted by molar-refractivity contribution is -0.0900. The van der Waals surface area contributed by atoms with E-state index in [0.29, 0.717) is 0 Å². The number of aryl methyl sites for hydroxylation is 2. The van der Waals surface area contributed by atoms with Gasteiger partial charge in [0.05, 0.1) is 11.6 Å². The monoisotopic (exact) mass is 252 g/mol. The van der Waals surface area contributed by atoms with E-state index in [2.05, 4.69) is 23.5 Å². The molecule has 2 heterocycles. The highest BCUT2D eigenvalue weighted by Crippen LogP contribution is 2.29. The minimum absolute atomic E-state index is 0.133. The molecule has 0 saturated carbocycles. The molecule has 5 nitrogen and oxygen atoms in total. The summed E-state index contributed by atoms with van der Waals surface area (Å²) < 4.78 is 7.87. The Labute approximate surface area is 109 Å². The number of hydrogen-bond donors (Lipinski definition) is 2. The summed E-state index contributed by atoms with van der Waals surface area (Å²) in [5.74, 6) is 5.71. The zero-order valence-electron chi connectivity index (χ0n) is 11.4. The Morgan fingerprint density at radius 2 is 2.44 bits per heavy atom. The standard InChI is InChI=1S/C13H24N4O/c1-13(8-3-4-10-18-13)12(16-14)6-5-11-7-9-15-17(11)2/h7,9,12,16H,3-6,8,10,14H2,1-2H3. The van der Waals surface area contributed by atoms with Crippen LogP contribution < -0.4 is 11.3 Å². The largest absolute Gasteiger partial charge is 0.374 e. The molecule has 102 valence electrons. The molecule has 5 heteroatoms. The molecular weight excluding hydrogens is 228 g/mol. The van der Waals surface area contributed by atoms with Crippen molar-refractivity contribution in [2.24, 2.45) is 12.9 Å². The van der Waals surface area contributed by atoms with E-state index >= 15 is 0 Å². The van der Waals surface area contributed by atoms with Crippen LogP contribution >= 0.6 is 0 Å². The second-order valence-electron chi connectivity index (χ2n) is 5.32. The first-order chi connectivity index (χ1) is 8.65. The molecular formula is C13H24N4O. The molecule has 1 fully saturated rings. The fraction of sp³-hybridized carbons (Fsp3) is 0.769. The van der Waals surface area contributed by atoms with Gasteiger partial charge in [0, 0.05) is 25.5 Å². The molecule has 0 aromatic carbocycles. The Morgan fingerprint density at radius 3 is 3.00 bits per heavy atom. The summed E-state index contributed by atoms with van der Waals surface area (Å²) in [7, 11) is 1.97.